The van der Waals surface area contributed by atoms with Crippen molar-refractivity contribution in [1.82, 2.24) is 26.2 Å². The minimum Gasteiger partial charge on any atom is -0.481 e. The standard InChI is InChI=1S/C29H51N7O9/c1-14(2)12-19(33-27(42)22(15(3)4)34-24(39)17(31)13-30)28(43)36-11-7-8-20(36)25(40)35-23(16(5)6)26(41)32-18(29(44)45)9-10-21(37)38/h14-20,22-23H,7-13,30-31H2,1-6H3,(H,32,41)(H,33,42)(H,34,39)(H,35,40)(H,37,38)(H,44,45)/t17-,18-,19-,20-,22-,23-/m0/s1. The third-order valence-corrected chi connectivity index (χ3v) is 7.51. The fourth-order valence-corrected chi connectivity index (χ4v) is 4.93. The number of aliphatic carboxylic acids is 2. The zero-order chi connectivity index (χ0) is 34.6. The lowest BCUT2D eigenvalue weighted by molar-refractivity contribution is -0.144. The van der Waals surface area contributed by atoms with Crippen molar-refractivity contribution in [1.29, 1.82) is 0 Å². The maximum Gasteiger partial charge on any atom is 0.326 e. The van der Waals surface area contributed by atoms with Crippen molar-refractivity contribution < 1.29 is 43.8 Å². The van der Waals surface area contributed by atoms with Crippen molar-refractivity contribution in [2.75, 3.05) is 13.1 Å². The molecule has 1 rings (SSSR count). The van der Waals surface area contributed by atoms with E-state index in [1.807, 2.05) is 13.8 Å². The van der Waals surface area contributed by atoms with Gasteiger partial charge in [0.25, 0.3) is 0 Å². The second kappa shape index (κ2) is 18.2. The summed E-state index contributed by atoms with van der Waals surface area (Å²) in [6.45, 7) is 10.6. The number of nitrogens with one attached hydrogen (secondary N) is 4. The Morgan fingerprint density at radius 3 is 1.80 bits per heavy atom. The Bertz CT molecular complexity index is 1080. The number of hydrogen-bond acceptors (Lipinski definition) is 9. The van der Waals surface area contributed by atoms with Gasteiger partial charge >= 0.3 is 11.9 Å². The molecule has 16 heteroatoms. The Kier molecular flexibility index (Phi) is 15.9. The van der Waals surface area contributed by atoms with E-state index in [2.05, 4.69) is 21.3 Å². The van der Waals surface area contributed by atoms with Gasteiger partial charge in [0.2, 0.25) is 29.5 Å². The number of nitrogens with zero attached hydrogens (tertiary/aromatic N) is 1. The van der Waals surface area contributed by atoms with Crippen molar-refractivity contribution >= 4 is 41.5 Å². The lowest BCUT2D eigenvalue weighted by Gasteiger charge is -2.32. The molecule has 45 heavy (non-hydrogen) atoms. The van der Waals surface area contributed by atoms with Crippen LogP contribution >= 0.6 is 0 Å². The number of carboxylic acid groups (broad SMARTS) is 2. The van der Waals surface area contributed by atoms with Crippen molar-refractivity contribution in [2.24, 2.45) is 29.2 Å². The molecule has 0 unspecified atom stereocenters. The zero-order valence-electron chi connectivity index (χ0n) is 27.0. The molecule has 0 saturated carbocycles. The summed E-state index contributed by atoms with van der Waals surface area (Å²) in [5.41, 5.74) is 11.2. The summed E-state index contributed by atoms with van der Waals surface area (Å²) in [6.07, 6.45) is 0.215. The van der Waals surface area contributed by atoms with Crippen molar-refractivity contribution in [3.05, 3.63) is 0 Å². The second-order valence-electron chi connectivity index (χ2n) is 12.5. The van der Waals surface area contributed by atoms with Crippen LogP contribution in [-0.4, -0.2) is 106 Å². The maximum absolute atomic E-state index is 13.8. The van der Waals surface area contributed by atoms with E-state index in [1.165, 1.54) is 4.90 Å². The summed E-state index contributed by atoms with van der Waals surface area (Å²) < 4.78 is 0. The topological polar surface area (TPSA) is 263 Å². The first-order chi connectivity index (χ1) is 20.9. The van der Waals surface area contributed by atoms with E-state index in [1.54, 1.807) is 27.7 Å². The molecule has 1 heterocycles. The number of rotatable bonds is 18. The highest BCUT2D eigenvalue weighted by atomic mass is 16.4. The molecule has 5 amide bonds. The first-order valence-electron chi connectivity index (χ1n) is 15.3. The number of hydrogen-bond donors (Lipinski definition) is 8. The maximum atomic E-state index is 13.8. The van der Waals surface area contributed by atoms with Gasteiger partial charge in [-0.2, -0.15) is 0 Å². The first-order valence-corrected chi connectivity index (χ1v) is 15.3. The van der Waals surface area contributed by atoms with Crippen LogP contribution in [0.4, 0.5) is 0 Å². The van der Waals surface area contributed by atoms with Gasteiger partial charge in [-0.1, -0.05) is 41.5 Å². The molecule has 256 valence electrons. The highest BCUT2D eigenvalue weighted by Gasteiger charge is 2.40. The Morgan fingerprint density at radius 1 is 0.800 bits per heavy atom. The molecule has 1 aliphatic heterocycles. The van der Waals surface area contributed by atoms with Gasteiger partial charge in [0, 0.05) is 19.5 Å². The molecule has 0 radical (unpaired) electrons. The third-order valence-electron chi connectivity index (χ3n) is 7.51. The average molecular weight is 642 g/mol. The fraction of sp³-hybridized carbons (Fsp3) is 0.759. The molecule has 1 fully saturated rings. The summed E-state index contributed by atoms with van der Waals surface area (Å²) in [5, 5.41) is 28.6. The molecule has 0 aromatic carbocycles. The number of carbonyl (C=O) groups is 7. The molecule has 0 aliphatic carbocycles. The van der Waals surface area contributed by atoms with E-state index >= 15 is 0 Å². The summed E-state index contributed by atoms with van der Waals surface area (Å²) in [4.78, 5) is 89.8. The highest BCUT2D eigenvalue weighted by molar-refractivity contribution is 5.96. The summed E-state index contributed by atoms with van der Waals surface area (Å²) in [6, 6.07) is -6.60. The van der Waals surface area contributed by atoms with E-state index in [-0.39, 0.29) is 37.8 Å². The van der Waals surface area contributed by atoms with Gasteiger partial charge in [-0.3, -0.25) is 28.8 Å². The largest absolute Gasteiger partial charge is 0.481 e. The van der Waals surface area contributed by atoms with Gasteiger partial charge in [-0.05, 0) is 43.4 Å². The molecule has 6 atom stereocenters. The quantitative estimate of drug-likeness (QED) is 0.0854. The third kappa shape index (κ3) is 12.3. The van der Waals surface area contributed by atoms with E-state index in [4.69, 9.17) is 16.6 Å². The smallest absolute Gasteiger partial charge is 0.326 e. The van der Waals surface area contributed by atoms with Crippen LogP contribution in [0, 0.1) is 17.8 Å². The van der Waals surface area contributed by atoms with Gasteiger partial charge in [0.05, 0.1) is 6.04 Å². The minimum atomic E-state index is -1.47. The van der Waals surface area contributed by atoms with Gasteiger partial charge in [0.15, 0.2) is 0 Å². The molecule has 1 saturated heterocycles. The number of carbonyl (C=O) groups excluding carboxylic acids is 5. The Morgan fingerprint density at radius 2 is 1.33 bits per heavy atom. The van der Waals surface area contributed by atoms with Crippen LogP contribution in [0.5, 0.6) is 0 Å². The van der Waals surface area contributed by atoms with Crippen LogP contribution < -0.4 is 32.7 Å². The van der Waals surface area contributed by atoms with Gasteiger partial charge in [0.1, 0.15) is 30.2 Å². The number of likely N-dealkylation sites (tertiary alicyclic amines) is 1. The molecule has 0 aromatic rings. The van der Waals surface area contributed by atoms with E-state index in [0.717, 1.165) is 0 Å². The normalized spacial score (nSPS) is 18.1. The predicted molar refractivity (Wildman–Crippen MR) is 163 cm³/mol. The molecule has 0 aromatic heterocycles. The fourth-order valence-electron chi connectivity index (χ4n) is 4.93. The molecule has 0 bridgehead atoms. The minimum absolute atomic E-state index is 0.0239. The monoisotopic (exact) mass is 641 g/mol. The Balaban J connectivity index is 3.12. The summed E-state index contributed by atoms with van der Waals surface area (Å²) in [7, 11) is 0. The van der Waals surface area contributed by atoms with Crippen molar-refractivity contribution in [2.45, 2.75) is 110 Å². The van der Waals surface area contributed by atoms with Crippen LogP contribution in [0.1, 0.15) is 73.6 Å². The number of amides is 5. The molecule has 0 spiro atoms. The summed E-state index contributed by atoms with van der Waals surface area (Å²) >= 11 is 0. The van der Waals surface area contributed by atoms with Crippen LogP contribution in [0.2, 0.25) is 0 Å². The molecular weight excluding hydrogens is 590 g/mol. The van der Waals surface area contributed by atoms with Crippen molar-refractivity contribution in [3.63, 3.8) is 0 Å². The van der Waals surface area contributed by atoms with E-state index in [9.17, 15) is 38.7 Å². The number of nitrogens with two attached hydrogens (primary N) is 2. The average Bonchev–Trinajstić information content (AvgIpc) is 3.44. The van der Waals surface area contributed by atoms with E-state index in [0.29, 0.717) is 12.8 Å². The van der Waals surface area contributed by atoms with Gasteiger partial charge in [-0.15, -0.1) is 0 Å². The van der Waals surface area contributed by atoms with Crippen LogP contribution in [0.25, 0.3) is 0 Å². The lowest BCUT2D eigenvalue weighted by Crippen LogP contribution is -2.60. The second-order valence-corrected chi connectivity index (χ2v) is 12.5. The van der Waals surface area contributed by atoms with Crippen LogP contribution in [-0.2, 0) is 33.6 Å². The lowest BCUT2D eigenvalue weighted by atomic mass is 9.99. The van der Waals surface area contributed by atoms with Gasteiger partial charge < -0.3 is 47.8 Å². The van der Waals surface area contributed by atoms with Gasteiger partial charge in [-0.25, -0.2) is 4.79 Å². The van der Waals surface area contributed by atoms with E-state index < -0.39 is 90.1 Å². The van der Waals surface area contributed by atoms with Crippen LogP contribution in [0.15, 0.2) is 0 Å². The van der Waals surface area contributed by atoms with Crippen LogP contribution in [0.3, 0.4) is 0 Å². The SMILES string of the molecule is CC(C)C[C@H](NC(=O)[C@@H](NC(=O)[C@@H](N)CN)C(C)C)C(=O)N1CCC[C@H]1C(=O)N[C@H](C(=O)N[C@@H](CCC(=O)O)C(=O)O)C(C)C. The number of carboxylic acids is 2. The Labute approximate surface area is 263 Å². The summed E-state index contributed by atoms with van der Waals surface area (Å²) in [5.74, 6) is -6.58. The highest BCUT2D eigenvalue weighted by Crippen LogP contribution is 2.21. The first kappa shape index (κ1) is 39.2. The molecule has 16 nitrogen and oxygen atoms in total. The zero-order valence-corrected chi connectivity index (χ0v) is 27.0. The Hall–Kier alpha value is -3.79. The molecule has 10 N–H and O–H groups in total. The molecule has 1 aliphatic rings. The predicted octanol–water partition coefficient (Wildman–Crippen LogP) is -1.49. The molecular formula is C29H51N7O9. The van der Waals surface area contributed by atoms with Crippen molar-refractivity contribution in [3.8, 4) is 0 Å².